The summed E-state index contributed by atoms with van der Waals surface area (Å²) in [6.45, 7) is 14.9. The largest absolute Gasteiger partial charge is 0.507 e. The van der Waals surface area contributed by atoms with Gasteiger partial charge in [0.25, 0.3) is 0 Å². The first-order valence-electron chi connectivity index (χ1n) is 16.7. The fourth-order valence-corrected chi connectivity index (χ4v) is 5.75. The number of rotatable bonds is 16. The van der Waals surface area contributed by atoms with E-state index in [4.69, 9.17) is 9.47 Å². The van der Waals surface area contributed by atoms with E-state index in [1.54, 1.807) is 32.0 Å². The van der Waals surface area contributed by atoms with Crippen LogP contribution in [-0.4, -0.2) is 59.4 Å². The number of phenolic OH excluding ortho intramolecular Hbond substituents is 1. The van der Waals surface area contributed by atoms with Crippen molar-refractivity contribution in [2.45, 2.75) is 93.1 Å². The lowest BCUT2D eigenvalue weighted by molar-refractivity contribution is -0.152. The van der Waals surface area contributed by atoms with Crippen LogP contribution in [0.15, 0.2) is 52.5 Å². The van der Waals surface area contributed by atoms with Crippen molar-refractivity contribution >= 4 is 34.7 Å². The number of carboxylic acids is 1. The maximum absolute atomic E-state index is 12.7. The van der Waals surface area contributed by atoms with Crippen LogP contribution in [0.2, 0.25) is 0 Å². The van der Waals surface area contributed by atoms with Gasteiger partial charge in [-0.05, 0) is 112 Å². The fourth-order valence-electron chi connectivity index (χ4n) is 5.75. The quantitative estimate of drug-likeness (QED) is 0.124. The maximum Gasteiger partial charge on any atom is 0.336 e. The fraction of sp³-hybridized carbons (Fsp3) is 0.474. The van der Waals surface area contributed by atoms with E-state index in [-0.39, 0.29) is 36.0 Å². The predicted octanol–water partition coefficient (Wildman–Crippen LogP) is 7.93. The van der Waals surface area contributed by atoms with Gasteiger partial charge in [0.1, 0.15) is 23.4 Å². The topological polar surface area (TPSA) is 135 Å². The SMILES string of the molecule is CCCC(=O)C(C)C(C)OC(=O)CCCOc1ccc(/C(=C2\C=C(C)C(=NCC)CC2)c2cc(C)c(NCC)cc2O)c(C(=O)O)c1. The molecular formula is C38H50N2O7. The van der Waals surface area contributed by atoms with Gasteiger partial charge in [0.2, 0.25) is 0 Å². The first-order valence-corrected chi connectivity index (χ1v) is 16.7. The van der Waals surface area contributed by atoms with Crippen LogP contribution in [0.5, 0.6) is 11.5 Å². The lowest BCUT2D eigenvalue weighted by Crippen LogP contribution is -2.28. The summed E-state index contributed by atoms with van der Waals surface area (Å²) in [5.41, 5.74) is 6.39. The van der Waals surface area contributed by atoms with E-state index in [0.717, 1.165) is 34.5 Å². The van der Waals surface area contributed by atoms with E-state index in [9.17, 15) is 24.6 Å². The van der Waals surface area contributed by atoms with Gasteiger partial charge in [-0.3, -0.25) is 14.6 Å². The molecule has 254 valence electrons. The summed E-state index contributed by atoms with van der Waals surface area (Å²) >= 11 is 0. The van der Waals surface area contributed by atoms with Crippen molar-refractivity contribution in [1.82, 2.24) is 0 Å². The number of aryl methyl sites for hydroxylation is 1. The van der Waals surface area contributed by atoms with E-state index < -0.39 is 18.0 Å². The van der Waals surface area contributed by atoms with Gasteiger partial charge in [0, 0.05) is 49.0 Å². The van der Waals surface area contributed by atoms with Crippen molar-refractivity contribution in [3.05, 3.63) is 69.8 Å². The zero-order chi connectivity index (χ0) is 34.7. The molecule has 0 saturated heterocycles. The number of aliphatic imine (C=N–C) groups is 1. The van der Waals surface area contributed by atoms with Gasteiger partial charge >= 0.3 is 11.9 Å². The Balaban J connectivity index is 1.90. The number of nitrogens with zero attached hydrogens (tertiary/aromatic N) is 1. The van der Waals surface area contributed by atoms with E-state index in [2.05, 4.69) is 10.3 Å². The minimum Gasteiger partial charge on any atom is -0.507 e. The van der Waals surface area contributed by atoms with Crippen molar-refractivity contribution in [2.24, 2.45) is 10.9 Å². The summed E-state index contributed by atoms with van der Waals surface area (Å²) in [5.74, 6) is -1.42. The number of aromatic carboxylic acids is 1. The number of carbonyl (C=O) groups excluding carboxylic acids is 2. The molecule has 9 heteroatoms. The average molecular weight is 647 g/mol. The molecule has 2 unspecified atom stereocenters. The van der Waals surface area contributed by atoms with Crippen molar-refractivity contribution in [2.75, 3.05) is 25.0 Å². The second-order valence-electron chi connectivity index (χ2n) is 12.0. The number of hydrogen-bond acceptors (Lipinski definition) is 8. The van der Waals surface area contributed by atoms with Gasteiger partial charge in [-0.1, -0.05) is 19.9 Å². The summed E-state index contributed by atoms with van der Waals surface area (Å²) in [6, 6.07) is 8.50. The molecule has 0 fully saturated rings. The standard InChI is InChI=1S/C38H50N2O7/c1-8-12-34(41)25(6)26(7)47-36(43)13-11-18-46-28-15-16-29(30(21-28)38(44)45)37(27-14-17-32(39-9-2)23(4)19-27)31-20-24(5)33(40-10-3)22-35(31)42/h15-16,19-22,25-26,40,42H,8-14,17-18H2,1-7H3,(H,44,45)/b37-27+,39-32?. The number of esters is 1. The molecular weight excluding hydrogens is 596 g/mol. The number of carboxylic acid groups (broad SMARTS) is 1. The Hall–Kier alpha value is -4.40. The first-order chi connectivity index (χ1) is 22.4. The van der Waals surface area contributed by atoms with Crippen molar-refractivity contribution in [3.8, 4) is 11.5 Å². The molecule has 0 radical (unpaired) electrons. The lowest BCUT2D eigenvalue weighted by Gasteiger charge is -2.23. The number of carbonyl (C=O) groups is 3. The Kier molecular flexibility index (Phi) is 13.8. The number of nitrogens with one attached hydrogen (secondary N) is 1. The van der Waals surface area contributed by atoms with Crippen LogP contribution in [0, 0.1) is 12.8 Å². The number of aromatic hydroxyl groups is 1. The number of allylic oxidation sites excluding steroid dienone is 3. The molecule has 0 aliphatic heterocycles. The molecule has 0 amide bonds. The highest BCUT2D eigenvalue weighted by atomic mass is 16.5. The van der Waals surface area contributed by atoms with Crippen LogP contribution < -0.4 is 10.1 Å². The van der Waals surface area contributed by atoms with Gasteiger partial charge < -0.3 is 25.0 Å². The van der Waals surface area contributed by atoms with Crippen LogP contribution in [0.3, 0.4) is 0 Å². The number of hydrogen-bond donors (Lipinski definition) is 3. The molecule has 2 aromatic carbocycles. The molecule has 47 heavy (non-hydrogen) atoms. The Bertz CT molecular complexity index is 1550. The second kappa shape index (κ2) is 17.5. The summed E-state index contributed by atoms with van der Waals surface area (Å²) < 4.78 is 11.3. The molecule has 3 N–H and O–H groups in total. The van der Waals surface area contributed by atoms with E-state index >= 15 is 0 Å². The average Bonchev–Trinajstić information content (AvgIpc) is 3.03. The number of ketones is 1. The molecule has 1 aliphatic carbocycles. The van der Waals surface area contributed by atoms with Crippen LogP contribution >= 0.6 is 0 Å². The summed E-state index contributed by atoms with van der Waals surface area (Å²) in [4.78, 5) is 41.8. The van der Waals surface area contributed by atoms with E-state index in [1.807, 2.05) is 46.8 Å². The minimum absolute atomic E-state index is 0.0378. The van der Waals surface area contributed by atoms with Gasteiger partial charge in [0.05, 0.1) is 18.1 Å². The number of anilines is 1. The summed E-state index contributed by atoms with van der Waals surface area (Å²) in [7, 11) is 0. The minimum atomic E-state index is -1.13. The number of ether oxygens (including phenoxy) is 2. The van der Waals surface area contributed by atoms with Gasteiger partial charge in [0.15, 0.2) is 0 Å². The summed E-state index contributed by atoms with van der Waals surface area (Å²) in [5, 5.41) is 24.9. The van der Waals surface area contributed by atoms with Crippen molar-refractivity contribution < 1.29 is 34.1 Å². The third-order valence-electron chi connectivity index (χ3n) is 8.44. The van der Waals surface area contributed by atoms with Gasteiger partial charge in [-0.15, -0.1) is 0 Å². The smallest absolute Gasteiger partial charge is 0.336 e. The highest BCUT2D eigenvalue weighted by molar-refractivity contribution is 6.04. The highest BCUT2D eigenvalue weighted by Crippen LogP contribution is 2.41. The predicted molar refractivity (Wildman–Crippen MR) is 187 cm³/mol. The lowest BCUT2D eigenvalue weighted by atomic mass is 9.83. The molecule has 0 spiro atoms. The van der Waals surface area contributed by atoms with Gasteiger partial charge in [-0.2, -0.15) is 0 Å². The monoisotopic (exact) mass is 646 g/mol. The second-order valence-corrected chi connectivity index (χ2v) is 12.0. The molecule has 1 aliphatic rings. The summed E-state index contributed by atoms with van der Waals surface area (Å²) in [6.07, 6.45) is 4.56. The molecule has 0 heterocycles. The molecule has 0 saturated carbocycles. The van der Waals surface area contributed by atoms with Crippen molar-refractivity contribution in [3.63, 3.8) is 0 Å². The Morgan fingerprint density at radius 2 is 1.72 bits per heavy atom. The third-order valence-corrected chi connectivity index (χ3v) is 8.44. The Morgan fingerprint density at radius 3 is 2.36 bits per heavy atom. The van der Waals surface area contributed by atoms with Crippen molar-refractivity contribution in [1.29, 1.82) is 0 Å². The zero-order valence-electron chi connectivity index (χ0n) is 28.9. The van der Waals surface area contributed by atoms with Crippen LogP contribution in [-0.2, 0) is 14.3 Å². The first kappa shape index (κ1) is 37.1. The van der Waals surface area contributed by atoms with Crippen LogP contribution in [0.25, 0.3) is 5.57 Å². The molecule has 9 nitrogen and oxygen atoms in total. The van der Waals surface area contributed by atoms with Crippen LogP contribution in [0.4, 0.5) is 5.69 Å². The molecule has 3 rings (SSSR count). The number of benzene rings is 2. The third kappa shape index (κ3) is 9.80. The molecule has 2 aromatic rings. The molecule has 0 bridgehead atoms. The van der Waals surface area contributed by atoms with Crippen LogP contribution in [0.1, 0.15) is 107 Å². The highest BCUT2D eigenvalue weighted by Gasteiger charge is 2.25. The zero-order valence-corrected chi connectivity index (χ0v) is 28.9. The van der Waals surface area contributed by atoms with Gasteiger partial charge in [-0.25, -0.2) is 4.79 Å². The number of phenols is 1. The molecule has 0 aromatic heterocycles. The molecule has 2 atom stereocenters. The Morgan fingerprint density at radius 1 is 0.979 bits per heavy atom. The number of Topliss-reactive ketones (excluding diaryl/α,β-unsaturated/α-hetero) is 1. The van der Waals surface area contributed by atoms with E-state index in [1.165, 1.54) is 6.07 Å². The Labute approximate surface area is 278 Å². The maximum atomic E-state index is 12.7. The van der Waals surface area contributed by atoms with E-state index in [0.29, 0.717) is 61.2 Å². The normalized spacial score (nSPS) is 16.2.